The maximum Gasteiger partial charge on any atom is 0.410 e. The molecule has 0 saturated carbocycles. The van der Waals surface area contributed by atoms with E-state index >= 15 is 0 Å². The number of aliphatic hydroxyl groups excluding tert-OH is 1. The highest BCUT2D eigenvalue weighted by Gasteiger charge is 2.27. The Bertz CT molecular complexity index is 407. The van der Waals surface area contributed by atoms with Crippen LogP contribution in [0, 0.1) is 0 Å². The van der Waals surface area contributed by atoms with Crippen molar-refractivity contribution in [2.45, 2.75) is 44.8 Å². The van der Waals surface area contributed by atoms with Crippen molar-refractivity contribution in [3.8, 4) is 0 Å². The molecule has 4 nitrogen and oxygen atoms in total. The molecular weight excluding hydrogens is 254 g/mol. The molecule has 1 fully saturated rings. The Morgan fingerprint density at radius 1 is 1.30 bits per heavy atom. The number of benzene rings is 1. The first-order valence-electron chi connectivity index (χ1n) is 7.39. The second kappa shape index (κ2) is 7.90. The zero-order valence-corrected chi connectivity index (χ0v) is 11.8. The van der Waals surface area contributed by atoms with E-state index in [-0.39, 0.29) is 18.7 Å². The van der Waals surface area contributed by atoms with Gasteiger partial charge in [0.15, 0.2) is 0 Å². The van der Waals surface area contributed by atoms with Crippen LogP contribution in [0.5, 0.6) is 0 Å². The monoisotopic (exact) mass is 277 g/mol. The fraction of sp³-hybridized carbons (Fsp3) is 0.562. The quantitative estimate of drug-likeness (QED) is 0.900. The van der Waals surface area contributed by atoms with E-state index in [0.29, 0.717) is 6.61 Å². The highest BCUT2D eigenvalue weighted by Crippen LogP contribution is 2.21. The Labute approximate surface area is 120 Å². The van der Waals surface area contributed by atoms with Gasteiger partial charge in [-0.3, -0.25) is 0 Å². The maximum absolute atomic E-state index is 12.2. The lowest BCUT2D eigenvalue weighted by Crippen LogP contribution is -2.44. The molecule has 1 amide bonds. The topological polar surface area (TPSA) is 49.8 Å². The molecule has 2 rings (SSSR count). The molecule has 4 heteroatoms. The second-order valence-corrected chi connectivity index (χ2v) is 5.25. The van der Waals surface area contributed by atoms with Crippen molar-refractivity contribution < 1.29 is 14.6 Å². The van der Waals surface area contributed by atoms with Gasteiger partial charge in [0.05, 0.1) is 0 Å². The Hall–Kier alpha value is -1.55. The molecule has 1 heterocycles. The SMILES string of the molecule is O=C(OCc1ccccc1)N1CCCCC1CCCO. The van der Waals surface area contributed by atoms with E-state index < -0.39 is 0 Å². The average Bonchev–Trinajstić information content (AvgIpc) is 2.52. The molecule has 20 heavy (non-hydrogen) atoms. The predicted octanol–water partition coefficient (Wildman–Crippen LogP) is 2.95. The summed E-state index contributed by atoms with van der Waals surface area (Å²) in [5.74, 6) is 0. The highest BCUT2D eigenvalue weighted by atomic mass is 16.6. The first-order valence-corrected chi connectivity index (χ1v) is 7.39. The number of piperidine rings is 1. The van der Waals surface area contributed by atoms with E-state index in [1.54, 1.807) is 0 Å². The number of ether oxygens (including phenoxy) is 1. The van der Waals surface area contributed by atoms with Gasteiger partial charge in [-0.15, -0.1) is 0 Å². The van der Waals surface area contributed by atoms with Crippen LogP contribution < -0.4 is 0 Å². The van der Waals surface area contributed by atoms with Gasteiger partial charge in [0.1, 0.15) is 6.61 Å². The first-order chi connectivity index (χ1) is 9.81. The molecule has 1 atom stereocenters. The smallest absolute Gasteiger partial charge is 0.410 e. The van der Waals surface area contributed by atoms with Crippen LogP contribution in [0.25, 0.3) is 0 Å². The third-order valence-corrected chi connectivity index (χ3v) is 3.76. The Kier molecular flexibility index (Phi) is 5.87. The summed E-state index contributed by atoms with van der Waals surface area (Å²) in [6.07, 6.45) is 4.58. The van der Waals surface area contributed by atoms with Gasteiger partial charge in [0.2, 0.25) is 0 Å². The number of aliphatic hydroxyl groups is 1. The number of carbonyl (C=O) groups excluding carboxylic acids is 1. The number of carbonyl (C=O) groups is 1. The Balaban J connectivity index is 1.85. The largest absolute Gasteiger partial charge is 0.445 e. The minimum Gasteiger partial charge on any atom is -0.445 e. The fourth-order valence-electron chi connectivity index (χ4n) is 2.67. The van der Waals surface area contributed by atoms with Gasteiger partial charge in [-0.1, -0.05) is 30.3 Å². The number of hydrogen-bond acceptors (Lipinski definition) is 3. The molecule has 0 aromatic heterocycles. The Morgan fingerprint density at radius 2 is 2.10 bits per heavy atom. The highest BCUT2D eigenvalue weighted by molar-refractivity contribution is 5.68. The van der Waals surface area contributed by atoms with E-state index in [4.69, 9.17) is 9.84 Å². The molecule has 1 aromatic carbocycles. The molecule has 0 bridgehead atoms. The summed E-state index contributed by atoms with van der Waals surface area (Å²) in [6.45, 7) is 1.27. The fourth-order valence-corrected chi connectivity index (χ4v) is 2.67. The van der Waals surface area contributed by atoms with Crippen LogP contribution in [0.2, 0.25) is 0 Å². The van der Waals surface area contributed by atoms with Gasteiger partial charge in [-0.2, -0.15) is 0 Å². The van der Waals surface area contributed by atoms with Crippen LogP contribution in [0.15, 0.2) is 30.3 Å². The molecule has 0 spiro atoms. The van der Waals surface area contributed by atoms with Crippen molar-refractivity contribution in [3.63, 3.8) is 0 Å². The van der Waals surface area contributed by atoms with E-state index in [1.807, 2.05) is 35.2 Å². The Morgan fingerprint density at radius 3 is 2.85 bits per heavy atom. The van der Waals surface area contributed by atoms with E-state index in [9.17, 15) is 4.79 Å². The molecule has 1 unspecified atom stereocenters. The number of amides is 1. The van der Waals surface area contributed by atoms with Crippen LogP contribution in [0.4, 0.5) is 4.79 Å². The van der Waals surface area contributed by atoms with E-state index in [2.05, 4.69) is 0 Å². The van der Waals surface area contributed by atoms with Gasteiger partial charge < -0.3 is 14.7 Å². The number of hydrogen-bond donors (Lipinski definition) is 1. The summed E-state index contributed by atoms with van der Waals surface area (Å²) in [6, 6.07) is 9.95. The minimum absolute atomic E-state index is 0.184. The zero-order chi connectivity index (χ0) is 14.2. The standard InChI is InChI=1S/C16H23NO3/c18-12-6-10-15-9-4-5-11-17(15)16(19)20-13-14-7-2-1-3-8-14/h1-3,7-8,15,18H,4-6,9-13H2. The third kappa shape index (κ3) is 4.23. The molecule has 110 valence electrons. The third-order valence-electron chi connectivity index (χ3n) is 3.76. The van der Waals surface area contributed by atoms with Crippen molar-refractivity contribution >= 4 is 6.09 Å². The van der Waals surface area contributed by atoms with E-state index in [1.165, 1.54) is 0 Å². The molecule has 1 aliphatic heterocycles. The van der Waals surface area contributed by atoms with Crippen LogP contribution in [0.1, 0.15) is 37.7 Å². The van der Waals surface area contributed by atoms with Gasteiger partial charge in [0.25, 0.3) is 0 Å². The number of rotatable bonds is 5. The summed E-state index contributed by atoms with van der Waals surface area (Å²) in [4.78, 5) is 14.0. The summed E-state index contributed by atoms with van der Waals surface area (Å²) >= 11 is 0. The van der Waals surface area contributed by atoms with Crippen molar-refractivity contribution in [1.82, 2.24) is 4.90 Å². The molecule has 1 aliphatic rings. The lowest BCUT2D eigenvalue weighted by atomic mass is 9.99. The summed E-state index contributed by atoms with van der Waals surface area (Å²) in [7, 11) is 0. The molecule has 0 radical (unpaired) electrons. The average molecular weight is 277 g/mol. The second-order valence-electron chi connectivity index (χ2n) is 5.25. The normalized spacial score (nSPS) is 18.9. The van der Waals surface area contributed by atoms with Gasteiger partial charge in [-0.05, 0) is 37.7 Å². The van der Waals surface area contributed by atoms with Crippen LogP contribution in [-0.4, -0.2) is 35.3 Å². The lowest BCUT2D eigenvalue weighted by molar-refractivity contribution is 0.0641. The minimum atomic E-state index is -0.225. The summed E-state index contributed by atoms with van der Waals surface area (Å²) in [5.41, 5.74) is 1.00. The molecule has 1 aromatic rings. The molecular formula is C16H23NO3. The van der Waals surface area contributed by atoms with Crippen LogP contribution >= 0.6 is 0 Å². The number of likely N-dealkylation sites (tertiary alicyclic amines) is 1. The van der Waals surface area contributed by atoms with E-state index in [0.717, 1.165) is 44.2 Å². The van der Waals surface area contributed by atoms with Crippen molar-refractivity contribution in [1.29, 1.82) is 0 Å². The van der Waals surface area contributed by atoms with Crippen LogP contribution in [-0.2, 0) is 11.3 Å². The first kappa shape index (κ1) is 14.9. The van der Waals surface area contributed by atoms with Gasteiger partial charge in [0, 0.05) is 19.2 Å². The molecule has 0 aliphatic carbocycles. The maximum atomic E-state index is 12.2. The molecule has 1 N–H and O–H groups in total. The summed E-state index contributed by atoms with van der Waals surface area (Å²) < 4.78 is 5.40. The van der Waals surface area contributed by atoms with Gasteiger partial charge >= 0.3 is 6.09 Å². The molecule has 1 saturated heterocycles. The predicted molar refractivity (Wildman–Crippen MR) is 77.3 cm³/mol. The van der Waals surface area contributed by atoms with Crippen LogP contribution in [0.3, 0.4) is 0 Å². The van der Waals surface area contributed by atoms with Crippen molar-refractivity contribution in [3.05, 3.63) is 35.9 Å². The van der Waals surface area contributed by atoms with Gasteiger partial charge in [-0.25, -0.2) is 4.79 Å². The summed E-state index contributed by atoms with van der Waals surface area (Å²) in [5, 5.41) is 8.94. The lowest BCUT2D eigenvalue weighted by Gasteiger charge is -2.34. The zero-order valence-electron chi connectivity index (χ0n) is 11.8. The van der Waals surface area contributed by atoms with Crippen molar-refractivity contribution in [2.24, 2.45) is 0 Å². The van der Waals surface area contributed by atoms with Crippen molar-refractivity contribution in [2.75, 3.05) is 13.2 Å². The number of nitrogens with zero attached hydrogens (tertiary/aromatic N) is 1.